The molecule has 0 unspecified atom stereocenters. The van der Waals surface area contributed by atoms with Crippen molar-refractivity contribution in [2.45, 2.75) is 20.4 Å². The summed E-state index contributed by atoms with van der Waals surface area (Å²) in [7, 11) is 1.35. The lowest BCUT2D eigenvalue weighted by Crippen LogP contribution is -2.37. The SMILES string of the molecule is COc1coc(CN([N+]#N)C(=O)NCC(C)C)cc1=O. The molecule has 1 aromatic rings. The number of diazo groups is 1. The Bertz CT molecular complexity index is 561. The molecule has 0 aliphatic rings. The highest BCUT2D eigenvalue weighted by atomic mass is 16.5. The van der Waals surface area contributed by atoms with Crippen LogP contribution in [0.2, 0.25) is 0 Å². The highest BCUT2D eigenvalue weighted by Crippen LogP contribution is 2.08. The van der Waals surface area contributed by atoms with Crippen LogP contribution in [0.15, 0.2) is 21.5 Å². The standard InChI is InChI=1S/C12H16N4O4/c1-8(2)5-14-12(18)16(15-13)6-9-4-10(17)11(19-3)7-20-9/h4,7-8H,5-6H2,1-3H3/p+1. The summed E-state index contributed by atoms with van der Waals surface area (Å²) in [5, 5.41) is 15.0. The van der Waals surface area contributed by atoms with Crippen molar-refractivity contribution >= 4 is 6.03 Å². The van der Waals surface area contributed by atoms with Crippen molar-refractivity contribution in [2.75, 3.05) is 13.7 Å². The van der Waals surface area contributed by atoms with Crippen LogP contribution in [-0.2, 0) is 6.54 Å². The van der Waals surface area contributed by atoms with Crippen LogP contribution in [0.1, 0.15) is 19.6 Å². The average molecular weight is 281 g/mol. The van der Waals surface area contributed by atoms with E-state index in [2.05, 4.69) is 10.4 Å². The van der Waals surface area contributed by atoms with Crippen LogP contribution in [0.4, 0.5) is 4.79 Å². The number of nitrogens with one attached hydrogen (secondary N) is 1. The molecule has 0 atom stereocenters. The fourth-order valence-corrected chi connectivity index (χ4v) is 1.34. The molecule has 108 valence electrons. The number of ether oxygens (including phenoxy) is 1. The largest absolute Gasteiger partial charge is 0.490 e. The molecule has 0 fully saturated rings. The Morgan fingerprint density at radius 2 is 2.30 bits per heavy atom. The minimum absolute atomic E-state index is 0.0606. The number of nitrogens with zero attached hydrogens (tertiary/aromatic N) is 3. The molecule has 0 bridgehead atoms. The number of amides is 2. The van der Waals surface area contributed by atoms with E-state index in [9.17, 15) is 9.59 Å². The molecule has 8 heteroatoms. The summed E-state index contributed by atoms with van der Waals surface area (Å²) in [4.78, 5) is 23.2. The van der Waals surface area contributed by atoms with Gasteiger partial charge in [0.1, 0.15) is 12.0 Å². The lowest BCUT2D eigenvalue weighted by atomic mass is 10.2. The fourth-order valence-electron chi connectivity index (χ4n) is 1.34. The van der Waals surface area contributed by atoms with Gasteiger partial charge < -0.3 is 14.5 Å². The molecule has 0 saturated carbocycles. The molecule has 8 nitrogen and oxygen atoms in total. The third-order valence-corrected chi connectivity index (χ3v) is 2.38. The van der Waals surface area contributed by atoms with Crippen LogP contribution < -0.4 is 15.5 Å². The number of hydrogen-bond acceptors (Lipinski definition) is 5. The lowest BCUT2D eigenvalue weighted by molar-refractivity contribution is 0.206. The second kappa shape index (κ2) is 7.13. The van der Waals surface area contributed by atoms with E-state index in [0.29, 0.717) is 6.54 Å². The first kappa shape index (κ1) is 15.5. The normalized spacial score (nSPS) is 9.95. The summed E-state index contributed by atoms with van der Waals surface area (Å²) >= 11 is 0. The van der Waals surface area contributed by atoms with E-state index in [1.807, 2.05) is 13.8 Å². The zero-order valence-corrected chi connectivity index (χ0v) is 11.6. The smallest absolute Gasteiger partial charge is 0.391 e. The van der Waals surface area contributed by atoms with Gasteiger partial charge >= 0.3 is 11.1 Å². The highest BCUT2D eigenvalue weighted by molar-refractivity contribution is 5.74. The van der Waals surface area contributed by atoms with E-state index in [0.717, 1.165) is 11.3 Å². The Labute approximate surface area is 115 Å². The van der Waals surface area contributed by atoms with E-state index in [-0.39, 0.29) is 29.4 Å². The molecule has 0 saturated heterocycles. The number of urea groups is 1. The van der Waals surface area contributed by atoms with Crippen molar-refractivity contribution < 1.29 is 13.9 Å². The first-order chi connectivity index (χ1) is 9.47. The molecule has 0 radical (unpaired) electrons. The van der Waals surface area contributed by atoms with Gasteiger partial charge in [0, 0.05) is 12.6 Å². The summed E-state index contributed by atoms with van der Waals surface area (Å²) in [5.41, 5.74) is -0.380. The van der Waals surface area contributed by atoms with Gasteiger partial charge in [-0.1, -0.05) is 13.8 Å². The Balaban J connectivity index is 2.74. The number of rotatable bonds is 5. The van der Waals surface area contributed by atoms with Gasteiger partial charge in [-0.25, -0.2) is 4.79 Å². The van der Waals surface area contributed by atoms with Gasteiger partial charge in [0.05, 0.1) is 12.1 Å². The number of carbonyl (C=O) groups excluding carboxylic acids is 1. The first-order valence-corrected chi connectivity index (χ1v) is 6.04. The van der Waals surface area contributed by atoms with Crippen LogP contribution in [0.3, 0.4) is 0 Å². The van der Waals surface area contributed by atoms with Crippen molar-refractivity contribution in [2.24, 2.45) is 5.92 Å². The number of hydrogen-bond donors (Lipinski definition) is 1. The molecule has 1 aromatic heterocycles. The zero-order chi connectivity index (χ0) is 15.1. The number of methoxy groups -OCH3 is 1. The Kier molecular flexibility index (Phi) is 5.53. The van der Waals surface area contributed by atoms with E-state index in [1.165, 1.54) is 13.2 Å². The summed E-state index contributed by atoms with van der Waals surface area (Å²) in [6.07, 6.45) is 1.14. The van der Waals surface area contributed by atoms with Crippen LogP contribution in [0.25, 0.3) is 5.08 Å². The van der Waals surface area contributed by atoms with Crippen LogP contribution in [0, 0.1) is 11.3 Å². The second-order valence-corrected chi connectivity index (χ2v) is 4.51. The summed E-state index contributed by atoms with van der Waals surface area (Å²) in [5.74, 6) is 0.497. The molecule has 1 rings (SSSR count). The van der Waals surface area contributed by atoms with Gasteiger partial charge in [-0.05, 0) is 5.92 Å². The van der Waals surface area contributed by atoms with Crippen LogP contribution in [0.5, 0.6) is 5.75 Å². The lowest BCUT2D eigenvalue weighted by Gasteiger charge is -2.07. The quantitative estimate of drug-likeness (QED) is 0.652. The third kappa shape index (κ3) is 4.28. The molecule has 0 aromatic carbocycles. The predicted octanol–water partition coefficient (Wildman–Crippen LogP) is 1.58. The van der Waals surface area contributed by atoms with Gasteiger partial charge in [-0.2, -0.15) is 0 Å². The fraction of sp³-hybridized carbons (Fsp3) is 0.500. The van der Waals surface area contributed by atoms with Crippen LogP contribution >= 0.6 is 0 Å². The molecular weight excluding hydrogens is 264 g/mol. The van der Waals surface area contributed by atoms with E-state index < -0.39 is 6.03 Å². The molecule has 0 aliphatic heterocycles. The van der Waals surface area contributed by atoms with Crippen molar-refractivity contribution in [1.29, 1.82) is 5.39 Å². The molecule has 0 spiro atoms. The van der Waals surface area contributed by atoms with Gasteiger partial charge in [-0.3, -0.25) is 4.79 Å². The first-order valence-electron chi connectivity index (χ1n) is 6.04. The predicted molar refractivity (Wildman–Crippen MR) is 70.4 cm³/mol. The van der Waals surface area contributed by atoms with Crippen molar-refractivity contribution in [3.63, 3.8) is 0 Å². The van der Waals surface area contributed by atoms with Gasteiger partial charge in [0.2, 0.25) is 11.2 Å². The summed E-state index contributed by atoms with van der Waals surface area (Å²) < 4.78 is 9.89. The Hall–Kier alpha value is -2.56. The summed E-state index contributed by atoms with van der Waals surface area (Å²) in [6, 6.07) is 0.590. The molecule has 1 heterocycles. The monoisotopic (exact) mass is 281 g/mol. The maximum Gasteiger partial charge on any atom is 0.391 e. The minimum atomic E-state index is -0.584. The third-order valence-electron chi connectivity index (χ3n) is 2.38. The molecule has 1 N–H and O–H groups in total. The molecule has 20 heavy (non-hydrogen) atoms. The topological polar surface area (TPSA) is 99.9 Å². The molecule has 0 aliphatic carbocycles. The maximum absolute atomic E-state index is 11.7. The van der Waals surface area contributed by atoms with E-state index in [1.54, 1.807) is 0 Å². The Morgan fingerprint density at radius 3 is 2.80 bits per heavy atom. The Morgan fingerprint density at radius 1 is 1.60 bits per heavy atom. The van der Waals surface area contributed by atoms with Crippen LogP contribution in [-0.4, -0.2) is 24.7 Å². The van der Waals surface area contributed by atoms with E-state index >= 15 is 0 Å². The van der Waals surface area contributed by atoms with Crippen molar-refractivity contribution in [1.82, 2.24) is 10.3 Å². The number of carbonyl (C=O) groups is 1. The van der Waals surface area contributed by atoms with E-state index in [4.69, 9.17) is 14.5 Å². The van der Waals surface area contributed by atoms with Gasteiger partial charge in [0.25, 0.3) is 5.39 Å². The highest BCUT2D eigenvalue weighted by Gasteiger charge is 2.26. The van der Waals surface area contributed by atoms with Gasteiger partial charge in [0.15, 0.2) is 6.54 Å². The summed E-state index contributed by atoms with van der Waals surface area (Å²) in [6.45, 7) is 4.14. The maximum atomic E-state index is 11.7. The molecular formula is C12H17N4O4+. The average Bonchev–Trinajstić information content (AvgIpc) is 2.42. The van der Waals surface area contributed by atoms with Gasteiger partial charge in [-0.15, -0.1) is 0 Å². The molecule has 2 amide bonds. The minimum Gasteiger partial charge on any atom is -0.490 e. The second-order valence-electron chi connectivity index (χ2n) is 4.51. The van der Waals surface area contributed by atoms with Crippen molar-refractivity contribution in [3.8, 4) is 5.75 Å². The zero-order valence-electron chi connectivity index (χ0n) is 11.6. The van der Waals surface area contributed by atoms with Crippen molar-refractivity contribution in [3.05, 3.63) is 33.4 Å².